The van der Waals surface area contributed by atoms with Crippen molar-refractivity contribution in [3.8, 4) is 0 Å². The smallest absolute Gasteiger partial charge is 0.300 e. The molecule has 0 atom stereocenters. The van der Waals surface area contributed by atoms with Gasteiger partial charge < -0.3 is 14.9 Å². The second kappa shape index (κ2) is 8.90. The predicted octanol–water partition coefficient (Wildman–Crippen LogP) is 0.198. The third kappa shape index (κ3) is 42400. The van der Waals surface area contributed by atoms with E-state index in [4.69, 9.17) is 19.8 Å². The SMILES string of the molecule is C1CO1.CC(=O)O.CC(=O)O. The summed E-state index contributed by atoms with van der Waals surface area (Å²) >= 11 is 0. The molecule has 1 heterocycles. The first-order valence-electron chi connectivity index (χ1n) is 2.93. The molecule has 1 fully saturated rings. The van der Waals surface area contributed by atoms with E-state index in [9.17, 15) is 0 Å². The Kier molecular flexibility index (Phi) is 10.2. The van der Waals surface area contributed by atoms with Crippen LogP contribution in [-0.2, 0) is 14.3 Å². The standard InChI is InChI=1S/2C2H4O2.C2H4O/c2*1-2(3)4;1-2-3-1/h2*1H3,(H,3,4);1-2H2. The number of aliphatic carboxylic acids is 2. The average molecular weight is 164 g/mol. The summed E-state index contributed by atoms with van der Waals surface area (Å²) in [5, 5.41) is 14.8. The largest absolute Gasteiger partial charge is 0.481 e. The van der Waals surface area contributed by atoms with Gasteiger partial charge in [0.2, 0.25) is 0 Å². The Hall–Kier alpha value is -1.10. The van der Waals surface area contributed by atoms with Gasteiger partial charge in [-0.05, 0) is 0 Å². The zero-order chi connectivity index (χ0) is 9.28. The number of hydrogen-bond donors (Lipinski definition) is 2. The first kappa shape index (κ1) is 12.6. The van der Waals surface area contributed by atoms with Gasteiger partial charge in [0, 0.05) is 13.8 Å². The third-order valence-corrected chi connectivity index (χ3v) is 0.204. The molecule has 0 aliphatic carbocycles. The highest BCUT2D eigenvalue weighted by atomic mass is 16.6. The normalized spacial score (nSPS) is 11.1. The molecule has 0 amide bonds. The molecule has 1 aliphatic rings. The van der Waals surface area contributed by atoms with Gasteiger partial charge in [0.1, 0.15) is 0 Å². The Morgan fingerprint density at radius 1 is 1.09 bits per heavy atom. The lowest BCUT2D eigenvalue weighted by atomic mass is 10.9. The van der Waals surface area contributed by atoms with Crippen molar-refractivity contribution in [2.24, 2.45) is 0 Å². The summed E-state index contributed by atoms with van der Waals surface area (Å²) in [6, 6.07) is 0. The van der Waals surface area contributed by atoms with Crippen LogP contribution in [-0.4, -0.2) is 35.4 Å². The monoisotopic (exact) mass is 164 g/mol. The maximum Gasteiger partial charge on any atom is 0.300 e. The quantitative estimate of drug-likeness (QED) is 0.499. The van der Waals surface area contributed by atoms with Crippen LogP contribution in [0.4, 0.5) is 0 Å². The van der Waals surface area contributed by atoms with Gasteiger partial charge in [-0.1, -0.05) is 0 Å². The molecule has 0 aromatic heterocycles. The molecule has 1 rings (SSSR count). The number of carboxylic acid groups (broad SMARTS) is 2. The molecule has 0 aromatic carbocycles. The van der Waals surface area contributed by atoms with Crippen molar-refractivity contribution in [2.75, 3.05) is 13.2 Å². The molecular weight excluding hydrogens is 152 g/mol. The van der Waals surface area contributed by atoms with Crippen LogP contribution in [0.5, 0.6) is 0 Å². The lowest BCUT2D eigenvalue weighted by molar-refractivity contribution is -0.135. The van der Waals surface area contributed by atoms with Crippen LogP contribution in [0.1, 0.15) is 13.8 Å². The molecule has 11 heavy (non-hydrogen) atoms. The predicted molar refractivity (Wildman–Crippen MR) is 37.4 cm³/mol. The second-order valence-corrected chi connectivity index (χ2v) is 1.65. The van der Waals surface area contributed by atoms with Crippen molar-refractivity contribution >= 4 is 11.9 Å². The number of hydrogen-bond acceptors (Lipinski definition) is 3. The highest BCUT2D eigenvalue weighted by Gasteiger charge is 1.94. The van der Waals surface area contributed by atoms with E-state index in [1.54, 1.807) is 0 Å². The summed E-state index contributed by atoms with van der Waals surface area (Å²) in [5.41, 5.74) is 0. The highest BCUT2D eigenvalue weighted by molar-refractivity contribution is 5.63. The minimum atomic E-state index is -0.833. The molecule has 5 heteroatoms. The van der Waals surface area contributed by atoms with E-state index in [1.165, 1.54) is 0 Å². The van der Waals surface area contributed by atoms with E-state index >= 15 is 0 Å². The van der Waals surface area contributed by atoms with Crippen LogP contribution in [0.15, 0.2) is 0 Å². The summed E-state index contributed by atoms with van der Waals surface area (Å²) in [5.74, 6) is -1.67. The molecule has 2 N–H and O–H groups in total. The molecule has 5 nitrogen and oxygen atoms in total. The molecule has 0 bridgehead atoms. The fraction of sp³-hybridized carbons (Fsp3) is 0.667. The Bertz CT molecular complexity index is 95.4. The minimum Gasteiger partial charge on any atom is -0.481 e. The molecule has 0 saturated carbocycles. The van der Waals surface area contributed by atoms with Crippen molar-refractivity contribution < 1.29 is 24.5 Å². The van der Waals surface area contributed by atoms with E-state index < -0.39 is 11.9 Å². The van der Waals surface area contributed by atoms with Crippen molar-refractivity contribution in [1.82, 2.24) is 0 Å². The summed E-state index contributed by atoms with van der Waals surface area (Å²) < 4.78 is 4.50. The molecule has 66 valence electrons. The summed E-state index contributed by atoms with van der Waals surface area (Å²) in [6.07, 6.45) is 0. The zero-order valence-corrected chi connectivity index (χ0v) is 6.53. The third-order valence-electron chi connectivity index (χ3n) is 0.204. The first-order valence-corrected chi connectivity index (χ1v) is 2.93. The van der Waals surface area contributed by atoms with E-state index in [1.807, 2.05) is 0 Å². The number of epoxide rings is 1. The molecule has 0 unspecified atom stereocenters. The van der Waals surface area contributed by atoms with Crippen molar-refractivity contribution in [1.29, 1.82) is 0 Å². The summed E-state index contributed by atoms with van der Waals surface area (Å²) in [4.78, 5) is 18.0. The zero-order valence-electron chi connectivity index (χ0n) is 6.53. The molecule has 0 spiro atoms. The van der Waals surface area contributed by atoms with Crippen molar-refractivity contribution in [3.05, 3.63) is 0 Å². The molecule has 1 aliphatic heterocycles. The number of rotatable bonds is 0. The van der Waals surface area contributed by atoms with Crippen LogP contribution in [0.3, 0.4) is 0 Å². The first-order chi connectivity index (χ1) is 4.96. The summed E-state index contributed by atoms with van der Waals surface area (Å²) in [7, 11) is 0. The van der Waals surface area contributed by atoms with E-state index in [0.717, 1.165) is 27.1 Å². The van der Waals surface area contributed by atoms with Crippen molar-refractivity contribution in [3.63, 3.8) is 0 Å². The van der Waals surface area contributed by atoms with Gasteiger partial charge in [0.05, 0.1) is 13.2 Å². The summed E-state index contributed by atoms with van der Waals surface area (Å²) in [6.45, 7) is 4.17. The number of ether oxygens (including phenoxy) is 1. The molecular formula is C6H12O5. The van der Waals surface area contributed by atoms with Gasteiger partial charge >= 0.3 is 0 Å². The van der Waals surface area contributed by atoms with Gasteiger partial charge in [-0.15, -0.1) is 0 Å². The van der Waals surface area contributed by atoms with Crippen LogP contribution in [0, 0.1) is 0 Å². The fourth-order valence-electron chi connectivity index (χ4n) is 0. The number of carboxylic acids is 2. The van der Waals surface area contributed by atoms with Gasteiger partial charge in [-0.25, -0.2) is 0 Å². The van der Waals surface area contributed by atoms with Crippen LogP contribution in [0.25, 0.3) is 0 Å². The highest BCUT2D eigenvalue weighted by Crippen LogP contribution is 1.84. The maximum atomic E-state index is 9.00. The van der Waals surface area contributed by atoms with Gasteiger partial charge in [0.15, 0.2) is 0 Å². The average Bonchev–Trinajstić information content (AvgIpc) is 2.36. The maximum absolute atomic E-state index is 9.00. The van der Waals surface area contributed by atoms with E-state index in [0.29, 0.717) is 0 Å². The van der Waals surface area contributed by atoms with Crippen molar-refractivity contribution in [2.45, 2.75) is 13.8 Å². The fourth-order valence-corrected chi connectivity index (χ4v) is 0. The Balaban J connectivity index is 0. The van der Waals surface area contributed by atoms with E-state index in [2.05, 4.69) is 4.74 Å². The second-order valence-electron chi connectivity index (χ2n) is 1.65. The van der Waals surface area contributed by atoms with Crippen LogP contribution < -0.4 is 0 Å². The Labute approximate surface area is 64.6 Å². The van der Waals surface area contributed by atoms with Gasteiger partial charge in [-0.2, -0.15) is 0 Å². The molecule has 0 aromatic rings. The van der Waals surface area contributed by atoms with Crippen LogP contribution in [0.2, 0.25) is 0 Å². The Morgan fingerprint density at radius 2 is 1.18 bits per heavy atom. The Morgan fingerprint density at radius 3 is 1.18 bits per heavy atom. The van der Waals surface area contributed by atoms with Gasteiger partial charge in [0.25, 0.3) is 11.9 Å². The molecule has 1 saturated heterocycles. The van der Waals surface area contributed by atoms with Gasteiger partial charge in [-0.3, -0.25) is 9.59 Å². The topological polar surface area (TPSA) is 87.1 Å². The molecule has 0 radical (unpaired) electrons. The lowest BCUT2D eigenvalue weighted by Crippen LogP contribution is -1.78. The lowest BCUT2D eigenvalue weighted by Gasteiger charge is -1.59. The van der Waals surface area contributed by atoms with E-state index in [-0.39, 0.29) is 0 Å². The van der Waals surface area contributed by atoms with Crippen LogP contribution >= 0.6 is 0 Å². The minimum absolute atomic E-state index is 0.833. The number of carbonyl (C=O) groups is 2.